The summed E-state index contributed by atoms with van der Waals surface area (Å²) < 4.78 is 0. The molecule has 0 amide bonds. The fourth-order valence-electron chi connectivity index (χ4n) is 2.66. The zero-order chi connectivity index (χ0) is 12.3. The molecule has 2 heteroatoms. The summed E-state index contributed by atoms with van der Waals surface area (Å²) in [5.41, 5.74) is 9.25. The van der Waals surface area contributed by atoms with Gasteiger partial charge >= 0.3 is 0 Å². The Morgan fingerprint density at radius 2 is 2.00 bits per heavy atom. The van der Waals surface area contributed by atoms with E-state index in [-0.39, 0.29) is 0 Å². The van der Waals surface area contributed by atoms with E-state index < -0.39 is 0 Å². The highest BCUT2D eigenvalue weighted by atomic mass is 14.9. The molecule has 94 valence electrons. The Kier molecular flexibility index (Phi) is 3.93. The number of nitrogens with one attached hydrogen (secondary N) is 1. The van der Waals surface area contributed by atoms with Crippen molar-refractivity contribution in [2.45, 2.75) is 52.0 Å². The Bertz CT molecular complexity index is 373. The van der Waals surface area contributed by atoms with Gasteiger partial charge in [0.15, 0.2) is 0 Å². The minimum Gasteiger partial charge on any atom is -0.397 e. The van der Waals surface area contributed by atoms with Crippen LogP contribution in [0.2, 0.25) is 0 Å². The van der Waals surface area contributed by atoms with Gasteiger partial charge in [0.1, 0.15) is 0 Å². The second-order valence-corrected chi connectivity index (χ2v) is 5.55. The van der Waals surface area contributed by atoms with Crippen LogP contribution in [-0.2, 0) is 0 Å². The Morgan fingerprint density at radius 3 is 2.76 bits per heavy atom. The molecule has 0 radical (unpaired) electrons. The third kappa shape index (κ3) is 3.39. The van der Waals surface area contributed by atoms with Crippen molar-refractivity contribution in [3.63, 3.8) is 0 Å². The number of rotatable bonds is 2. The molecule has 0 heterocycles. The molecule has 0 saturated heterocycles. The summed E-state index contributed by atoms with van der Waals surface area (Å²) >= 11 is 0. The molecule has 1 fully saturated rings. The van der Waals surface area contributed by atoms with E-state index in [1.807, 2.05) is 6.07 Å². The van der Waals surface area contributed by atoms with Gasteiger partial charge in [0, 0.05) is 6.04 Å². The van der Waals surface area contributed by atoms with Crippen molar-refractivity contribution < 1.29 is 0 Å². The average Bonchev–Trinajstić information content (AvgIpc) is 2.48. The van der Waals surface area contributed by atoms with Crippen molar-refractivity contribution in [2.24, 2.45) is 5.92 Å². The van der Waals surface area contributed by atoms with Gasteiger partial charge in [-0.1, -0.05) is 25.8 Å². The van der Waals surface area contributed by atoms with Gasteiger partial charge in [-0.25, -0.2) is 0 Å². The smallest absolute Gasteiger partial charge is 0.0576 e. The van der Waals surface area contributed by atoms with Gasteiger partial charge < -0.3 is 11.1 Å². The first-order valence-electron chi connectivity index (χ1n) is 6.78. The van der Waals surface area contributed by atoms with Crippen molar-refractivity contribution in [1.29, 1.82) is 0 Å². The number of hydrogen-bond donors (Lipinski definition) is 2. The lowest BCUT2D eigenvalue weighted by Gasteiger charge is -2.19. The summed E-state index contributed by atoms with van der Waals surface area (Å²) in [6, 6.07) is 6.88. The minimum absolute atomic E-state index is 0.602. The summed E-state index contributed by atoms with van der Waals surface area (Å²) in [5.74, 6) is 0.886. The number of anilines is 2. The Morgan fingerprint density at radius 1 is 1.18 bits per heavy atom. The lowest BCUT2D eigenvalue weighted by Crippen LogP contribution is -2.19. The fraction of sp³-hybridized carbons (Fsp3) is 0.600. The molecule has 1 aliphatic rings. The van der Waals surface area contributed by atoms with E-state index in [1.165, 1.54) is 37.7 Å². The molecule has 1 aromatic carbocycles. The molecule has 3 N–H and O–H groups in total. The molecule has 2 unspecified atom stereocenters. The van der Waals surface area contributed by atoms with Crippen LogP contribution in [0.1, 0.15) is 44.6 Å². The number of nitrogen functional groups attached to an aromatic ring is 1. The van der Waals surface area contributed by atoms with Crippen molar-refractivity contribution in [1.82, 2.24) is 0 Å². The van der Waals surface area contributed by atoms with Crippen LogP contribution in [0.25, 0.3) is 0 Å². The van der Waals surface area contributed by atoms with Crippen LogP contribution in [0.3, 0.4) is 0 Å². The summed E-state index contributed by atoms with van der Waals surface area (Å²) in [6.45, 7) is 4.44. The highest BCUT2D eigenvalue weighted by Crippen LogP contribution is 2.27. The van der Waals surface area contributed by atoms with Gasteiger partial charge in [-0.2, -0.15) is 0 Å². The van der Waals surface area contributed by atoms with E-state index in [2.05, 4.69) is 31.3 Å². The molecular weight excluding hydrogens is 208 g/mol. The Hall–Kier alpha value is -1.18. The van der Waals surface area contributed by atoms with E-state index in [4.69, 9.17) is 5.73 Å². The molecule has 0 aliphatic heterocycles. The number of benzene rings is 1. The summed E-state index contributed by atoms with van der Waals surface area (Å²) in [7, 11) is 0. The first kappa shape index (κ1) is 12.3. The number of aryl methyl sites for hydroxylation is 1. The largest absolute Gasteiger partial charge is 0.397 e. The van der Waals surface area contributed by atoms with Crippen LogP contribution in [0, 0.1) is 12.8 Å². The maximum absolute atomic E-state index is 6.04. The standard InChI is InChI=1S/C15H24N2/c1-11-4-3-5-13(8-6-11)17-15-9-7-12(2)10-14(15)16/h7,9-11,13,17H,3-6,8,16H2,1-2H3. The van der Waals surface area contributed by atoms with Crippen molar-refractivity contribution >= 4 is 11.4 Å². The van der Waals surface area contributed by atoms with E-state index in [0.29, 0.717) is 6.04 Å². The molecule has 0 aromatic heterocycles. The van der Waals surface area contributed by atoms with E-state index in [9.17, 15) is 0 Å². The second-order valence-electron chi connectivity index (χ2n) is 5.55. The van der Waals surface area contributed by atoms with Crippen LogP contribution in [0.4, 0.5) is 11.4 Å². The molecule has 0 bridgehead atoms. The summed E-state index contributed by atoms with van der Waals surface area (Å²) in [6.07, 6.45) is 6.60. The predicted octanol–water partition coefficient (Wildman–Crippen LogP) is 3.96. The average molecular weight is 232 g/mol. The Labute approximate surface area is 105 Å². The van der Waals surface area contributed by atoms with E-state index in [0.717, 1.165) is 17.3 Å². The van der Waals surface area contributed by atoms with Gasteiger partial charge in [-0.15, -0.1) is 0 Å². The van der Waals surface area contributed by atoms with Gasteiger partial charge in [-0.05, 0) is 49.8 Å². The maximum Gasteiger partial charge on any atom is 0.0576 e. The molecule has 2 rings (SSSR count). The van der Waals surface area contributed by atoms with E-state index in [1.54, 1.807) is 0 Å². The summed E-state index contributed by atoms with van der Waals surface area (Å²) in [4.78, 5) is 0. The van der Waals surface area contributed by atoms with Crippen molar-refractivity contribution in [2.75, 3.05) is 11.1 Å². The maximum atomic E-state index is 6.04. The third-order valence-corrected chi connectivity index (χ3v) is 3.82. The minimum atomic E-state index is 0.602. The second kappa shape index (κ2) is 5.44. The Balaban J connectivity index is 2.00. The molecule has 17 heavy (non-hydrogen) atoms. The van der Waals surface area contributed by atoms with Crippen LogP contribution in [0.15, 0.2) is 18.2 Å². The van der Waals surface area contributed by atoms with Crippen LogP contribution in [-0.4, -0.2) is 6.04 Å². The van der Waals surface area contributed by atoms with Crippen LogP contribution in [0.5, 0.6) is 0 Å². The lowest BCUT2D eigenvalue weighted by atomic mass is 10.0. The van der Waals surface area contributed by atoms with Crippen LogP contribution >= 0.6 is 0 Å². The molecular formula is C15H24N2. The molecule has 1 aromatic rings. The lowest BCUT2D eigenvalue weighted by molar-refractivity contribution is 0.502. The molecule has 2 atom stereocenters. The first-order chi connectivity index (χ1) is 8.15. The summed E-state index contributed by atoms with van der Waals surface area (Å²) in [5, 5.41) is 3.61. The van der Waals surface area contributed by atoms with Crippen LogP contribution < -0.4 is 11.1 Å². The SMILES string of the molecule is Cc1ccc(NC2CCCC(C)CC2)c(N)c1. The molecule has 2 nitrogen and oxygen atoms in total. The number of hydrogen-bond acceptors (Lipinski definition) is 2. The first-order valence-corrected chi connectivity index (χ1v) is 6.78. The number of nitrogens with two attached hydrogens (primary N) is 1. The molecule has 1 saturated carbocycles. The zero-order valence-electron chi connectivity index (χ0n) is 11.0. The van der Waals surface area contributed by atoms with Gasteiger partial charge in [0.25, 0.3) is 0 Å². The highest BCUT2D eigenvalue weighted by Gasteiger charge is 2.16. The predicted molar refractivity (Wildman–Crippen MR) is 75.3 cm³/mol. The monoisotopic (exact) mass is 232 g/mol. The fourth-order valence-corrected chi connectivity index (χ4v) is 2.66. The topological polar surface area (TPSA) is 38.0 Å². The zero-order valence-corrected chi connectivity index (χ0v) is 11.0. The van der Waals surface area contributed by atoms with Gasteiger partial charge in [0.05, 0.1) is 11.4 Å². The highest BCUT2D eigenvalue weighted by molar-refractivity contribution is 5.67. The van der Waals surface area contributed by atoms with Crippen molar-refractivity contribution in [3.05, 3.63) is 23.8 Å². The van der Waals surface area contributed by atoms with Gasteiger partial charge in [0.2, 0.25) is 0 Å². The third-order valence-electron chi connectivity index (χ3n) is 3.82. The van der Waals surface area contributed by atoms with Gasteiger partial charge in [-0.3, -0.25) is 0 Å². The molecule has 0 spiro atoms. The molecule has 1 aliphatic carbocycles. The van der Waals surface area contributed by atoms with E-state index >= 15 is 0 Å². The quantitative estimate of drug-likeness (QED) is 0.598. The van der Waals surface area contributed by atoms with Crippen molar-refractivity contribution in [3.8, 4) is 0 Å². The normalized spacial score (nSPS) is 25.3.